The molecule has 0 aliphatic rings. The van der Waals surface area contributed by atoms with Gasteiger partial charge in [0.15, 0.2) is 8.80 Å². The van der Waals surface area contributed by atoms with E-state index in [-0.39, 0.29) is 5.97 Å². The highest BCUT2D eigenvalue weighted by atomic mass is 28.3. The van der Waals surface area contributed by atoms with E-state index in [0.29, 0.717) is 6.23 Å². The zero-order valence-corrected chi connectivity index (χ0v) is 11.3. The molecule has 0 spiro atoms. The quantitative estimate of drug-likeness (QED) is 0.610. The summed E-state index contributed by atoms with van der Waals surface area (Å²) in [5, 5.41) is 2.52. The number of hydrogen-bond acceptors (Lipinski definition) is 2. The van der Waals surface area contributed by atoms with Crippen LogP contribution in [0.4, 0.5) is 0 Å². The van der Waals surface area contributed by atoms with E-state index >= 15 is 0 Å². The van der Waals surface area contributed by atoms with Crippen LogP contribution in [0, 0.1) is 0 Å². The van der Waals surface area contributed by atoms with Gasteiger partial charge in [-0.15, -0.1) is 0 Å². The van der Waals surface area contributed by atoms with Crippen molar-refractivity contribution < 1.29 is 9.53 Å². The summed E-state index contributed by atoms with van der Waals surface area (Å²) in [5.41, 5.74) is 0. The Bertz CT molecular complexity index is 457. The molecule has 0 aliphatic carbocycles. The van der Waals surface area contributed by atoms with Crippen LogP contribution in [0.25, 0.3) is 0 Å². The topological polar surface area (TPSA) is 26.3 Å². The summed E-state index contributed by atoms with van der Waals surface area (Å²) in [6, 6.07) is 20.5. The maximum atomic E-state index is 11.0. The van der Waals surface area contributed by atoms with Gasteiger partial charge in [0.25, 0.3) is 0 Å². The number of ether oxygens (including phenoxy) is 1. The standard InChI is InChI=1S/C15H15O2Si/c1-13(16)17-12-18(14-8-4-2-5-9-14)15-10-6-3-7-11-15/h2-11H,12H2,1H3. The van der Waals surface area contributed by atoms with Crippen molar-refractivity contribution >= 4 is 25.1 Å². The van der Waals surface area contributed by atoms with Gasteiger partial charge in [-0.3, -0.25) is 4.79 Å². The Balaban J connectivity index is 2.26. The third-order valence-corrected chi connectivity index (χ3v) is 5.16. The zero-order valence-electron chi connectivity index (χ0n) is 10.3. The highest BCUT2D eigenvalue weighted by Gasteiger charge is 2.18. The van der Waals surface area contributed by atoms with Gasteiger partial charge in [0, 0.05) is 6.92 Å². The molecule has 2 nitrogen and oxygen atoms in total. The molecular weight excluding hydrogens is 240 g/mol. The smallest absolute Gasteiger partial charge is 0.302 e. The lowest BCUT2D eigenvalue weighted by molar-refractivity contribution is -0.139. The second kappa shape index (κ2) is 6.17. The van der Waals surface area contributed by atoms with Gasteiger partial charge in [-0.1, -0.05) is 71.0 Å². The van der Waals surface area contributed by atoms with E-state index in [1.165, 1.54) is 17.3 Å². The van der Waals surface area contributed by atoms with Crippen molar-refractivity contribution in [3.05, 3.63) is 60.7 Å². The average Bonchev–Trinajstić information content (AvgIpc) is 2.41. The van der Waals surface area contributed by atoms with Gasteiger partial charge < -0.3 is 4.74 Å². The summed E-state index contributed by atoms with van der Waals surface area (Å²) >= 11 is 0. The second-order valence-electron chi connectivity index (χ2n) is 3.99. The number of hydrogen-bond donors (Lipinski definition) is 0. The molecule has 2 aromatic rings. The van der Waals surface area contributed by atoms with Crippen LogP contribution in [0.5, 0.6) is 0 Å². The third-order valence-electron chi connectivity index (χ3n) is 2.66. The maximum Gasteiger partial charge on any atom is 0.302 e. The first kappa shape index (κ1) is 12.6. The van der Waals surface area contributed by atoms with E-state index in [9.17, 15) is 4.79 Å². The van der Waals surface area contributed by atoms with Crippen molar-refractivity contribution in [2.45, 2.75) is 6.92 Å². The first-order valence-corrected chi connectivity index (χ1v) is 7.58. The summed E-state index contributed by atoms with van der Waals surface area (Å²) in [7, 11) is -1.04. The Morgan fingerprint density at radius 2 is 1.39 bits per heavy atom. The molecule has 1 radical (unpaired) electrons. The fourth-order valence-corrected chi connectivity index (χ4v) is 3.99. The normalized spacial score (nSPS) is 10.3. The van der Waals surface area contributed by atoms with E-state index < -0.39 is 8.80 Å². The molecular formula is C15H15O2Si. The van der Waals surface area contributed by atoms with Crippen molar-refractivity contribution in [2.75, 3.05) is 6.23 Å². The molecule has 0 saturated heterocycles. The van der Waals surface area contributed by atoms with E-state index in [0.717, 1.165) is 0 Å². The largest absolute Gasteiger partial charge is 0.469 e. The molecule has 0 bridgehead atoms. The number of esters is 1. The zero-order chi connectivity index (χ0) is 12.8. The van der Waals surface area contributed by atoms with Crippen molar-refractivity contribution in [1.29, 1.82) is 0 Å². The van der Waals surface area contributed by atoms with Crippen LogP contribution in [0.2, 0.25) is 0 Å². The molecule has 91 valence electrons. The van der Waals surface area contributed by atoms with Crippen LogP contribution in [-0.4, -0.2) is 21.0 Å². The Morgan fingerprint density at radius 1 is 0.944 bits per heavy atom. The van der Waals surface area contributed by atoms with Gasteiger partial charge in [0.1, 0.15) is 0 Å². The van der Waals surface area contributed by atoms with Crippen LogP contribution >= 0.6 is 0 Å². The van der Waals surface area contributed by atoms with Gasteiger partial charge in [0.05, 0.1) is 6.23 Å². The van der Waals surface area contributed by atoms with Gasteiger partial charge >= 0.3 is 5.97 Å². The van der Waals surface area contributed by atoms with E-state index in [1.807, 2.05) is 36.4 Å². The monoisotopic (exact) mass is 255 g/mol. The summed E-state index contributed by atoms with van der Waals surface area (Å²) in [4.78, 5) is 11.0. The van der Waals surface area contributed by atoms with Crippen molar-refractivity contribution in [1.82, 2.24) is 0 Å². The van der Waals surface area contributed by atoms with Crippen LogP contribution < -0.4 is 10.4 Å². The average molecular weight is 255 g/mol. The minimum atomic E-state index is -1.04. The minimum absolute atomic E-state index is 0.218. The Labute approximate surface area is 109 Å². The molecule has 0 amide bonds. The SMILES string of the molecule is CC(=O)OC[Si](c1ccccc1)c1ccccc1. The van der Waals surface area contributed by atoms with Crippen molar-refractivity contribution in [3.8, 4) is 0 Å². The summed E-state index contributed by atoms with van der Waals surface area (Å²) in [6.45, 7) is 1.45. The number of carbonyl (C=O) groups is 1. The third kappa shape index (κ3) is 3.31. The summed E-state index contributed by atoms with van der Waals surface area (Å²) in [5.74, 6) is -0.218. The Hall–Kier alpha value is -1.87. The predicted octanol–water partition coefficient (Wildman–Crippen LogP) is 1.40. The fourth-order valence-electron chi connectivity index (χ4n) is 1.79. The predicted molar refractivity (Wildman–Crippen MR) is 74.5 cm³/mol. The highest BCUT2D eigenvalue weighted by Crippen LogP contribution is 1.94. The van der Waals surface area contributed by atoms with E-state index in [1.54, 1.807) is 0 Å². The van der Waals surface area contributed by atoms with Gasteiger partial charge in [-0.25, -0.2) is 0 Å². The van der Waals surface area contributed by atoms with Crippen molar-refractivity contribution in [2.24, 2.45) is 0 Å². The first-order chi connectivity index (χ1) is 8.77. The molecule has 3 heteroatoms. The number of benzene rings is 2. The van der Waals surface area contributed by atoms with E-state index in [4.69, 9.17) is 4.74 Å². The van der Waals surface area contributed by atoms with Crippen LogP contribution in [0.3, 0.4) is 0 Å². The minimum Gasteiger partial charge on any atom is -0.469 e. The number of rotatable bonds is 4. The molecule has 0 fully saturated rings. The van der Waals surface area contributed by atoms with Crippen LogP contribution in [-0.2, 0) is 9.53 Å². The maximum absolute atomic E-state index is 11.0. The van der Waals surface area contributed by atoms with Crippen LogP contribution in [0.15, 0.2) is 60.7 Å². The molecule has 0 heterocycles. The van der Waals surface area contributed by atoms with E-state index in [2.05, 4.69) is 24.3 Å². The lowest BCUT2D eigenvalue weighted by Crippen LogP contribution is -2.46. The first-order valence-electron chi connectivity index (χ1n) is 5.87. The Morgan fingerprint density at radius 3 is 1.78 bits per heavy atom. The molecule has 0 unspecified atom stereocenters. The molecule has 18 heavy (non-hydrogen) atoms. The lowest BCUT2D eigenvalue weighted by Gasteiger charge is -2.15. The molecule has 0 aliphatic heterocycles. The van der Waals surface area contributed by atoms with Gasteiger partial charge in [-0.2, -0.15) is 0 Å². The summed E-state index contributed by atoms with van der Waals surface area (Å²) in [6.07, 6.45) is 0.480. The highest BCUT2D eigenvalue weighted by molar-refractivity contribution is 6.85. The fraction of sp³-hybridized carbons (Fsp3) is 0.133. The van der Waals surface area contributed by atoms with Crippen LogP contribution in [0.1, 0.15) is 6.92 Å². The Kier molecular flexibility index (Phi) is 4.31. The molecule has 0 saturated carbocycles. The number of carbonyl (C=O) groups excluding carboxylic acids is 1. The summed E-state index contributed by atoms with van der Waals surface area (Å²) < 4.78 is 5.22. The molecule has 0 aromatic heterocycles. The molecule has 0 N–H and O–H groups in total. The molecule has 2 aromatic carbocycles. The second-order valence-corrected chi connectivity index (χ2v) is 6.39. The lowest BCUT2D eigenvalue weighted by atomic mass is 10.4. The molecule has 2 rings (SSSR count). The van der Waals surface area contributed by atoms with Gasteiger partial charge in [-0.05, 0) is 0 Å². The van der Waals surface area contributed by atoms with Gasteiger partial charge in [0.2, 0.25) is 0 Å². The van der Waals surface area contributed by atoms with Crippen molar-refractivity contribution in [3.63, 3.8) is 0 Å². The molecule has 0 atom stereocenters.